The molecular weight excluding hydrogens is 310 g/mol. The van der Waals surface area contributed by atoms with Crippen molar-refractivity contribution in [1.82, 2.24) is 14.8 Å². The van der Waals surface area contributed by atoms with Crippen molar-refractivity contribution in [3.63, 3.8) is 0 Å². The normalized spacial score (nSPS) is 17.8. The molecule has 0 aliphatic carbocycles. The summed E-state index contributed by atoms with van der Waals surface area (Å²) in [5, 5.41) is 12.4. The highest BCUT2D eigenvalue weighted by atomic mass is 32.1. The van der Waals surface area contributed by atoms with Gasteiger partial charge in [0.15, 0.2) is 0 Å². The Morgan fingerprint density at radius 3 is 2.57 bits per heavy atom. The van der Waals surface area contributed by atoms with Crippen LogP contribution in [-0.4, -0.2) is 58.1 Å². The minimum absolute atomic E-state index is 0.119. The number of aromatic nitrogens is 1. The summed E-state index contributed by atoms with van der Waals surface area (Å²) in [6.07, 6.45) is 2.08. The maximum absolute atomic E-state index is 10.9. The zero-order valence-electron chi connectivity index (χ0n) is 14.7. The van der Waals surface area contributed by atoms with Crippen molar-refractivity contribution in [2.24, 2.45) is 0 Å². The van der Waals surface area contributed by atoms with Gasteiger partial charge in [0.1, 0.15) is 0 Å². The van der Waals surface area contributed by atoms with Gasteiger partial charge in [0.25, 0.3) is 0 Å². The molecule has 0 saturated carbocycles. The number of likely N-dealkylation sites (N-methyl/N-ethyl adjacent to an activating group) is 1. The van der Waals surface area contributed by atoms with Gasteiger partial charge in [-0.3, -0.25) is 14.6 Å². The standard InChI is InChI=1S/C17H29N3O2S/c1-5-20(11-15(21)22)14-6-8-19(9-7-14)10-13-12-23-16(18-13)17(2,3)4/h12,14H,5-11H2,1-4H3,(H,21,22). The smallest absolute Gasteiger partial charge is 0.317 e. The molecule has 23 heavy (non-hydrogen) atoms. The van der Waals surface area contributed by atoms with E-state index in [4.69, 9.17) is 10.1 Å². The van der Waals surface area contributed by atoms with Gasteiger partial charge in [0.2, 0.25) is 0 Å². The van der Waals surface area contributed by atoms with Gasteiger partial charge in [0.05, 0.1) is 17.2 Å². The van der Waals surface area contributed by atoms with Gasteiger partial charge in [-0.05, 0) is 19.4 Å². The summed E-state index contributed by atoms with van der Waals surface area (Å²) in [4.78, 5) is 20.2. The first-order chi connectivity index (χ1) is 10.8. The predicted molar refractivity (Wildman–Crippen MR) is 94.0 cm³/mol. The SMILES string of the molecule is CCN(CC(=O)O)C1CCN(Cc2csc(C(C)(C)C)n2)CC1. The zero-order chi connectivity index (χ0) is 17.0. The fourth-order valence-electron chi connectivity index (χ4n) is 3.07. The monoisotopic (exact) mass is 339 g/mol. The molecule has 5 nitrogen and oxygen atoms in total. The Morgan fingerprint density at radius 1 is 1.43 bits per heavy atom. The first-order valence-electron chi connectivity index (χ1n) is 8.42. The Kier molecular flexibility index (Phi) is 6.17. The Morgan fingerprint density at radius 2 is 2.09 bits per heavy atom. The van der Waals surface area contributed by atoms with Crippen molar-refractivity contribution in [2.75, 3.05) is 26.2 Å². The number of carboxylic acid groups (broad SMARTS) is 1. The van der Waals surface area contributed by atoms with E-state index in [2.05, 4.69) is 36.0 Å². The number of aliphatic carboxylic acids is 1. The van der Waals surface area contributed by atoms with E-state index in [1.807, 2.05) is 6.92 Å². The van der Waals surface area contributed by atoms with Crippen molar-refractivity contribution in [3.8, 4) is 0 Å². The van der Waals surface area contributed by atoms with Crippen LogP contribution in [0.25, 0.3) is 0 Å². The topological polar surface area (TPSA) is 56.7 Å². The van der Waals surface area contributed by atoms with E-state index in [1.54, 1.807) is 11.3 Å². The molecule has 0 bridgehead atoms. The Hall–Kier alpha value is -0.980. The van der Waals surface area contributed by atoms with Gasteiger partial charge >= 0.3 is 5.97 Å². The number of hydrogen-bond acceptors (Lipinski definition) is 5. The Balaban J connectivity index is 1.85. The third kappa shape index (κ3) is 5.26. The maximum Gasteiger partial charge on any atom is 0.317 e. The molecule has 1 aliphatic heterocycles. The van der Waals surface area contributed by atoms with E-state index in [0.717, 1.165) is 44.7 Å². The van der Waals surface area contributed by atoms with Crippen LogP contribution in [0.2, 0.25) is 0 Å². The lowest BCUT2D eigenvalue weighted by atomic mass is 9.98. The summed E-state index contributed by atoms with van der Waals surface area (Å²) in [6, 6.07) is 0.396. The second-order valence-electron chi connectivity index (χ2n) is 7.36. The third-order valence-electron chi connectivity index (χ3n) is 4.40. The molecule has 6 heteroatoms. The Bertz CT molecular complexity index is 516. The number of carbonyl (C=O) groups is 1. The number of nitrogens with zero attached hydrogens (tertiary/aromatic N) is 3. The molecule has 1 fully saturated rings. The number of thiazole rings is 1. The largest absolute Gasteiger partial charge is 0.480 e. The lowest BCUT2D eigenvalue weighted by molar-refractivity contribution is -0.139. The minimum Gasteiger partial charge on any atom is -0.480 e. The average molecular weight is 340 g/mol. The van der Waals surface area contributed by atoms with Gasteiger partial charge < -0.3 is 5.11 Å². The van der Waals surface area contributed by atoms with Crippen LogP contribution in [-0.2, 0) is 16.8 Å². The maximum atomic E-state index is 10.9. The molecule has 1 saturated heterocycles. The second-order valence-corrected chi connectivity index (χ2v) is 8.22. The molecule has 1 N–H and O–H groups in total. The molecule has 2 heterocycles. The molecule has 1 aromatic rings. The van der Waals surface area contributed by atoms with E-state index >= 15 is 0 Å². The van der Waals surface area contributed by atoms with Crippen LogP contribution in [0, 0.1) is 0 Å². The van der Waals surface area contributed by atoms with E-state index in [-0.39, 0.29) is 12.0 Å². The summed E-state index contributed by atoms with van der Waals surface area (Å²) >= 11 is 1.75. The highest BCUT2D eigenvalue weighted by Crippen LogP contribution is 2.26. The fraction of sp³-hybridized carbons (Fsp3) is 0.765. The highest BCUT2D eigenvalue weighted by molar-refractivity contribution is 7.09. The number of piperidine rings is 1. The quantitative estimate of drug-likeness (QED) is 0.864. The highest BCUT2D eigenvalue weighted by Gasteiger charge is 2.26. The molecule has 1 aromatic heterocycles. The molecule has 0 radical (unpaired) electrons. The first-order valence-corrected chi connectivity index (χ1v) is 9.30. The van der Waals surface area contributed by atoms with E-state index < -0.39 is 5.97 Å². The number of likely N-dealkylation sites (tertiary alicyclic amines) is 1. The van der Waals surface area contributed by atoms with E-state index in [9.17, 15) is 4.79 Å². The summed E-state index contributed by atoms with van der Waals surface area (Å²) in [5.41, 5.74) is 1.28. The Labute approximate surface area is 143 Å². The lowest BCUT2D eigenvalue weighted by Crippen LogP contribution is -2.46. The first kappa shape index (κ1) is 18.4. The molecule has 0 unspecified atom stereocenters. The molecule has 0 atom stereocenters. The van der Waals surface area contributed by atoms with Crippen LogP contribution in [0.4, 0.5) is 0 Å². The second kappa shape index (κ2) is 7.73. The average Bonchev–Trinajstić information content (AvgIpc) is 2.94. The van der Waals surface area contributed by atoms with Gasteiger partial charge in [-0.2, -0.15) is 0 Å². The molecule has 0 spiro atoms. The van der Waals surface area contributed by atoms with Crippen molar-refractivity contribution < 1.29 is 9.90 Å². The summed E-state index contributed by atoms with van der Waals surface area (Å²) in [7, 11) is 0. The number of hydrogen-bond donors (Lipinski definition) is 1. The molecular formula is C17H29N3O2S. The molecule has 2 rings (SSSR count). The third-order valence-corrected chi connectivity index (χ3v) is 5.71. The van der Waals surface area contributed by atoms with Crippen molar-refractivity contribution >= 4 is 17.3 Å². The van der Waals surface area contributed by atoms with Gasteiger partial charge in [-0.25, -0.2) is 4.98 Å². The summed E-state index contributed by atoms with van der Waals surface area (Å²) in [5.74, 6) is -0.730. The molecule has 0 amide bonds. The van der Waals surface area contributed by atoms with E-state index in [1.165, 1.54) is 5.01 Å². The summed E-state index contributed by atoms with van der Waals surface area (Å²) in [6.45, 7) is 12.5. The van der Waals surface area contributed by atoms with Gasteiger partial charge in [-0.1, -0.05) is 27.7 Å². The van der Waals surface area contributed by atoms with Crippen molar-refractivity contribution in [1.29, 1.82) is 0 Å². The zero-order valence-corrected chi connectivity index (χ0v) is 15.5. The van der Waals surface area contributed by atoms with Crippen LogP contribution in [0.3, 0.4) is 0 Å². The van der Waals surface area contributed by atoms with Crippen LogP contribution >= 0.6 is 11.3 Å². The van der Waals surface area contributed by atoms with Gasteiger partial charge in [-0.15, -0.1) is 11.3 Å². The van der Waals surface area contributed by atoms with Crippen LogP contribution in [0.1, 0.15) is 51.2 Å². The number of carboxylic acids is 1. The van der Waals surface area contributed by atoms with Crippen LogP contribution < -0.4 is 0 Å². The minimum atomic E-state index is -0.730. The molecule has 0 aromatic carbocycles. The fourth-order valence-corrected chi connectivity index (χ4v) is 3.97. The molecule has 130 valence electrons. The summed E-state index contributed by atoms with van der Waals surface area (Å²) < 4.78 is 0. The van der Waals surface area contributed by atoms with Gasteiger partial charge in [0, 0.05) is 36.5 Å². The lowest BCUT2D eigenvalue weighted by Gasteiger charge is -2.37. The van der Waals surface area contributed by atoms with Crippen molar-refractivity contribution in [3.05, 3.63) is 16.1 Å². The number of rotatable bonds is 6. The van der Waals surface area contributed by atoms with Crippen molar-refractivity contribution in [2.45, 2.75) is 58.5 Å². The van der Waals surface area contributed by atoms with Crippen LogP contribution in [0.15, 0.2) is 5.38 Å². The predicted octanol–water partition coefficient (Wildman–Crippen LogP) is 2.81. The molecule has 1 aliphatic rings. The van der Waals surface area contributed by atoms with E-state index in [0.29, 0.717) is 6.04 Å². The van der Waals surface area contributed by atoms with Crippen LogP contribution in [0.5, 0.6) is 0 Å².